The first-order chi connectivity index (χ1) is 11.7. The molecule has 1 aliphatic heterocycles. The molecule has 1 unspecified atom stereocenters. The number of methoxy groups -OCH3 is 1. The molecule has 1 aliphatic rings. The van der Waals surface area contributed by atoms with Crippen LogP contribution in [0.25, 0.3) is 0 Å². The van der Waals surface area contributed by atoms with Crippen LogP contribution in [-0.4, -0.2) is 58.3 Å². The van der Waals surface area contributed by atoms with Crippen molar-refractivity contribution in [2.45, 2.75) is 25.8 Å². The number of benzene rings is 1. The first-order valence-electron chi connectivity index (χ1n) is 8.12. The van der Waals surface area contributed by atoms with Crippen molar-refractivity contribution in [3.63, 3.8) is 0 Å². The minimum Gasteiger partial charge on any atom is -0.496 e. The van der Waals surface area contributed by atoms with E-state index in [1.165, 1.54) is 19.2 Å². The molecule has 0 radical (unpaired) electrons. The highest BCUT2D eigenvalue weighted by Crippen LogP contribution is 2.31. The number of likely N-dealkylation sites (N-methyl/N-ethyl adjacent to an activating group) is 1. The number of ether oxygens (including phenoxy) is 1. The topological polar surface area (TPSA) is 87.7 Å². The first-order valence-corrected chi connectivity index (χ1v) is 10.4. The van der Waals surface area contributed by atoms with Crippen LogP contribution in [0.2, 0.25) is 5.02 Å². The van der Waals surface area contributed by atoms with Crippen LogP contribution in [-0.2, 0) is 10.0 Å². The third-order valence-electron chi connectivity index (χ3n) is 4.23. The molecule has 25 heavy (non-hydrogen) atoms. The summed E-state index contributed by atoms with van der Waals surface area (Å²) < 4.78 is 30.4. The van der Waals surface area contributed by atoms with Gasteiger partial charge in [-0.05, 0) is 32.0 Å². The Hall–Kier alpha value is -1.51. The fourth-order valence-corrected chi connectivity index (χ4v) is 3.85. The lowest BCUT2D eigenvalue weighted by Crippen LogP contribution is -2.40. The number of carbonyl (C=O) groups is 1. The Labute approximate surface area is 153 Å². The minimum absolute atomic E-state index is 0.145. The van der Waals surface area contributed by atoms with E-state index < -0.39 is 10.0 Å². The van der Waals surface area contributed by atoms with Gasteiger partial charge in [-0.2, -0.15) is 0 Å². The van der Waals surface area contributed by atoms with Crippen molar-refractivity contribution in [1.82, 2.24) is 10.2 Å². The van der Waals surface area contributed by atoms with Crippen LogP contribution in [0.4, 0.5) is 5.69 Å². The van der Waals surface area contributed by atoms with Crippen molar-refractivity contribution >= 4 is 33.2 Å². The zero-order valence-corrected chi connectivity index (χ0v) is 16.2. The van der Waals surface area contributed by atoms with E-state index in [0.717, 1.165) is 32.2 Å². The third kappa shape index (κ3) is 5.23. The normalized spacial score (nSPS) is 18.2. The fourth-order valence-electron chi connectivity index (χ4n) is 3.03. The highest BCUT2D eigenvalue weighted by molar-refractivity contribution is 7.92. The van der Waals surface area contributed by atoms with Gasteiger partial charge in [-0.25, -0.2) is 8.42 Å². The molecule has 1 atom stereocenters. The Kier molecular flexibility index (Phi) is 6.53. The summed E-state index contributed by atoms with van der Waals surface area (Å²) in [5.74, 6) is -0.0339. The average Bonchev–Trinajstić information content (AvgIpc) is 3.00. The number of likely N-dealkylation sites (tertiary alicyclic amines) is 1. The maximum Gasteiger partial charge on any atom is 0.255 e. The van der Waals surface area contributed by atoms with E-state index in [1.807, 2.05) is 0 Å². The molecule has 1 heterocycles. The summed E-state index contributed by atoms with van der Waals surface area (Å²) in [5, 5.41) is 3.07. The van der Waals surface area contributed by atoms with Gasteiger partial charge in [0.1, 0.15) is 5.75 Å². The number of halogens is 1. The van der Waals surface area contributed by atoms with Crippen molar-refractivity contribution in [2.75, 3.05) is 37.7 Å². The van der Waals surface area contributed by atoms with Gasteiger partial charge in [0.05, 0.1) is 29.6 Å². The number of sulfonamides is 1. The monoisotopic (exact) mass is 389 g/mol. The fraction of sp³-hybridized carbons (Fsp3) is 0.562. The summed E-state index contributed by atoms with van der Waals surface area (Å²) in [6.07, 6.45) is 3.20. The van der Waals surface area contributed by atoms with Crippen molar-refractivity contribution in [2.24, 2.45) is 0 Å². The van der Waals surface area contributed by atoms with Gasteiger partial charge in [0.2, 0.25) is 10.0 Å². The number of hydrogen-bond donors (Lipinski definition) is 2. The molecule has 9 heteroatoms. The summed E-state index contributed by atoms with van der Waals surface area (Å²) in [4.78, 5) is 14.9. The number of nitrogens with one attached hydrogen (secondary N) is 2. The van der Waals surface area contributed by atoms with Gasteiger partial charge in [0.25, 0.3) is 5.91 Å². The third-order valence-corrected chi connectivity index (χ3v) is 5.14. The summed E-state index contributed by atoms with van der Waals surface area (Å²) in [5.41, 5.74) is 0.380. The molecule has 0 saturated carbocycles. The minimum atomic E-state index is -3.51. The van der Waals surface area contributed by atoms with Crippen molar-refractivity contribution in [1.29, 1.82) is 0 Å². The number of amides is 1. The second-order valence-electron chi connectivity index (χ2n) is 6.04. The van der Waals surface area contributed by atoms with E-state index in [4.69, 9.17) is 16.3 Å². The zero-order chi connectivity index (χ0) is 18.6. The quantitative estimate of drug-likeness (QED) is 0.744. The standard InChI is InChI=1S/C16H24ClN3O4S/c1-4-20-7-5-6-11(20)10-18-16(21)12-8-14(19-25(3,22)23)13(17)9-15(12)24-2/h8-9,11,19H,4-7,10H2,1-3H3,(H,18,21). The van der Waals surface area contributed by atoms with Crippen molar-refractivity contribution in [3.05, 3.63) is 22.7 Å². The molecule has 140 valence electrons. The molecule has 2 rings (SSSR count). The lowest BCUT2D eigenvalue weighted by atomic mass is 10.1. The van der Waals surface area contributed by atoms with Gasteiger partial charge in [0, 0.05) is 18.7 Å². The number of nitrogens with zero attached hydrogens (tertiary/aromatic N) is 1. The molecule has 0 bridgehead atoms. The van der Waals surface area contributed by atoms with E-state index in [0.29, 0.717) is 18.3 Å². The van der Waals surface area contributed by atoms with Crippen molar-refractivity contribution < 1.29 is 17.9 Å². The molecule has 7 nitrogen and oxygen atoms in total. The van der Waals surface area contributed by atoms with E-state index >= 15 is 0 Å². The first kappa shape index (κ1) is 19.8. The smallest absolute Gasteiger partial charge is 0.255 e. The lowest BCUT2D eigenvalue weighted by Gasteiger charge is -2.23. The summed E-state index contributed by atoms with van der Waals surface area (Å²) in [6.45, 7) is 4.63. The Bertz CT molecular complexity index is 739. The van der Waals surface area contributed by atoms with Crippen LogP contribution in [0.15, 0.2) is 12.1 Å². The molecule has 2 N–H and O–H groups in total. The number of rotatable bonds is 7. The van der Waals surface area contributed by atoms with Gasteiger partial charge in [0.15, 0.2) is 0 Å². The molecule has 0 spiro atoms. The molecule has 0 aliphatic carbocycles. The Balaban J connectivity index is 2.18. The van der Waals surface area contributed by atoms with E-state index in [9.17, 15) is 13.2 Å². The SMILES string of the molecule is CCN1CCCC1CNC(=O)c1cc(NS(C)(=O)=O)c(Cl)cc1OC. The zero-order valence-electron chi connectivity index (χ0n) is 14.6. The van der Waals surface area contributed by atoms with Gasteiger partial charge >= 0.3 is 0 Å². The highest BCUT2D eigenvalue weighted by Gasteiger charge is 2.24. The van der Waals surface area contributed by atoms with Gasteiger partial charge in [-0.15, -0.1) is 0 Å². The maximum absolute atomic E-state index is 12.6. The number of anilines is 1. The predicted octanol–water partition coefficient (Wildman–Crippen LogP) is 1.93. The highest BCUT2D eigenvalue weighted by atomic mass is 35.5. The summed E-state index contributed by atoms with van der Waals surface area (Å²) >= 11 is 6.06. The second kappa shape index (κ2) is 8.25. The van der Waals surface area contributed by atoms with Crippen molar-refractivity contribution in [3.8, 4) is 5.75 Å². The van der Waals surface area contributed by atoms with Crippen LogP contribution >= 0.6 is 11.6 Å². The van der Waals surface area contributed by atoms with E-state index in [-0.39, 0.29) is 22.2 Å². The van der Waals surface area contributed by atoms with E-state index in [1.54, 1.807) is 0 Å². The van der Waals surface area contributed by atoms with Gasteiger partial charge in [-0.1, -0.05) is 18.5 Å². The number of hydrogen-bond acceptors (Lipinski definition) is 5. The lowest BCUT2D eigenvalue weighted by molar-refractivity contribution is 0.0938. The Morgan fingerprint density at radius 3 is 2.76 bits per heavy atom. The molecule has 1 fully saturated rings. The molecule has 1 aromatic carbocycles. The Morgan fingerprint density at radius 2 is 2.16 bits per heavy atom. The molecule has 1 aromatic rings. The van der Waals surface area contributed by atoms with Gasteiger partial charge in [-0.3, -0.25) is 14.4 Å². The number of carbonyl (C=O) groups excluding carboxylic acids is 1. The molecule has 1 amide bonds. The van der Waals surface area contributed by atoms with Crippen LogP contribution in [0.1, 0.15) is 30.1 Å². The summed E-state index contributed by atoms with van der Waals surface area (Å²) in [6, 6.07) is 3.14. The van der Waals surface area contributed by atoms with Crippen LogP contribution in [0.3, 0.4) is 0 Å². The second-order valence-corrected chi connectivity index (χ2v) is 8.20. The molecular formula is C16H24ClN3O4S. The average molecular weight is 390 g/mol. The predicted molar refractivity (Wildman–Crippen MR) is 99.1 cm³/mol. The Morgan fingerprint density at radius 1 is 1.44 bits per heavy atom. The van der Waals surface area contributed by atoms with E-state index in [2.05, 4.69) is 21.9 Å². The van der Waals surface area contributed by atoms with Gasteiger partial charge < -0.3 is 10.1 Å². The molecular weight excluding hydrogens is 366 g/mol. The van der Waals surface area contributed by atoms with Crippen LogP contribution in [0, 0.1) is 0 Å². The molecule has 1 saturated heterocycles. The molecule has 0 aromatic heterocycles. The largest absolute Gasteiger partial charge is 0.496 e. The maximum atomic E-state index is 12.6. The van der Waals surface area contributed by atoms with Crippen LogP contribution < -0.4 is 14.8 Å². The van der Waals surface area contributed by atoms with Crippen LogP contribution in [0.5, 0.6) is 5.75 Å². The summed E-state index contributed by atoms with van der Waals surface area (Å²) in [7, 11) is -2.08.